The molecule has 19 heavy (non-hydrogen) atoms. The summed E-state index contributed by atoms with van der Waals surface area (Å²) in [4.78, 5) is 1.35. The first-order valence-corrected chi connectivity index (χ1v) is 9.08. The fraction of sp³-hybridized carbons (Fsp3) is 0.538. The Hall–Kier alpha value is -0.560. The van der Waals surface area contributed by atoms with Crippen molar-refractivity contribution in [2.24, 2.45) is 11.7 Å². The van der Waals surface area contributed by atoms with Gasteiger partial charge in [-0.25, -0.2) is 8.42 Å². The lowest BCUT2D eigenvalue weighted by atomic mass is 10.0. The van der Waals surface area contributed by atoms with Crippen LogP contribution in [0.5, 0.6) is 0 Å². The predicted octanol–water partition coefficient (Wildman–Crippen LogP) is 1.77. The van der Waals surface area contributed by atoms with E-state index in [1.807, 2.05) is 12.3 Å². The smallest absolute Gasteiger partial charge is 0.243 e. The average Bonchev–Trinajstić information content (AvgIpc) is 2.47. The first-order valence-electron chi connectivity index (χ1n) is 6.42. The standard InChI is InChI=1S/C13H20N2O2S2/c1-18-12-5-2-6-13(8-12)19(16,17)15-7-3-4-11(9-14)10-15/h2,5-6,8,11H,3-4,7,9-10,14H2,1H3. The van der Waals surface area contributed by atoms with Crippen LogP contribution in [0, 0.1) is 5.92 Å². The van der Waals surface area contributed by atoms with Crippen LogP contribution in [0.1, 0.15) is 12.8 Å². The molecule has 2 rings (SSSR count). The number of hydrogen-bond donors (Lipinski definition) is 1. The van der Waals surface area contributed by atoms with Gasteiger partial charge in [-0.1, -0.05) is 6.07 Å². The van der Waals surface area contributed by atoms with Gasteiger partial charge in [-0.15, -0.1) is 11.8 Å². The summed E-state index contributed by atoms with van der Waals surface area (Å²) >= 11 is 1.55. The van der Waals surface area contributed by atoms with E-state index in [1.165, 1.54) is 0 Å². The number of benzene rings is 1. The van der Waals surface area contributed by atoms with Crippen molar-refractivity contribution >= 4 is 21.8 Å². The lowest BCUT2D eigenvalue weighted by Crippen LogP contribution is -2.41. The molecule has 2 N–H and O–H groups in total. The molecule has 0 saturated carbocycles. The first kappa shape index (κ1) is 14.8. The Balaban J connectivity index is 2.25. The number of nitrogens with zero attached hydrogens (tertiary/aromatic N) is 1. The maximum absolute atomic E-state index is 12.6. The summed E-state index contributed by atoms with van der Waals surface area (Å²) in [5.41, 5.74) is 5.67. The monoisotopic (exact) mass is 300 g/mol. The van der Waals surface area contributed by atoms with Crippen molar-refractivity contribution in [1.29, 1.82) is 0 Å². The van der Waals surface area contributed by atoms with Crippen molar-refractivity contribution in [3.05, 3.63) is 24.3 Å². The van der Waals surface area contributed by atoms with Crippen molar-refractivity contribution in [3.8, 4) is 0 Å². The molecule has 4 nitrogen and oxygen atoms in total. The van der Waals surface area contributed by atoms with Gasteiger partial charge >= 0.3 is 0 Å². The van der Waals surface area contributed by atoms with Gasteiger partial charge in [-0.05, 0) is 49.8 Å². The van der Waals surface area contributed by atoms with Crippen molar-refractivity contribution in [2.75, 3.05) is 25.9 Å². The minimum Gasteiger partial charge on any atom is -0.330 e. The van der Waals surface area contributed by atoms with E-state index in [9.17, 15) is 8.42 Å². The predicted molar refractivity (Wildman–Crippen MR) is 78.8 cm³/mol. The topological polar surface area (TPSA) is 63.4 Å². The van der Waals surface area contributed by atoms with Crippen LogP contribution in [0.2, 0.25) is 0 Å². The molecule has 1 aliphatic heterocycles. The summed E-state index contributed by atoms with van der Waals surface area (Å²) in [6, 6.07) is 7.12. The zero-order valence-corrected chi connectivity index (χ0v) is 12.7. The van der Waals surface area contributed by atoms with Crippen LogP contribution >= 0.6 is 11.8 Å². The fourth-order valence-corrected chi connectivity index (χ4v) is 4.48. The zero-order valence-electron chi connectivity index (χ0n) is 11.1. The Kier molecular flexibility index (Phi) is 4.89. The maximum Gasteiger partial charge on any atom is 0.243 e. The molecular formula is C13H20N2O2S2. The normalized spacial score (nSPS) is 21.5. The second-order valence-electron chi connectivity index (χ2n) is 4.79. The third-order valence-electron chi connectivity index (χ3n) is 3.49. The van der Waals surface area contributed by atoms with Crippen LogP contribution < -0.4 is 5.73 Å². The van der Waals surface area contributed by atoms with E-state index in [0.29, 0.717) is 24.5 Å². The molecule has 1 aromatic carbocycles. The molecule has 0 bridgehead atoms. The molecule has 1 unspecified atom stereocenters. The van der Waals surface area contributed by atoms with Gasteiger partial charge in [-0.2, -0.15) is 4.31 Å². The van der Waals surface area contributed by atoms with Gasteiger partial charge in [0.25, 0.3) is 0 Å². The molecule has 0 spiro atoms. The highest BCUT2D eigenvalue weighted by Gasteiger charge is 2.29. The van der Waals surface area contributed by atoms with Crippen molar-refractivity contribution in [2.45, 2.75) is 22.6 Å². The molecule has 1 fully saturated rings. The van der Waals surface area contributed by atoms with Crippen molar-refractivity contribution in [1.82, 2.24) is 4.31 Å². The van der Waals surface area contributed by atoms with Crippen molar-refractivity contribution < 1.29 is 8.42 Å². The molecule has 0 radical (unpaired) electrons. The minimum atomic E-state index is -3.37. The largest absolute Gasteiger partial charge is 0.330 e. The SMILES string of the molecule is CSc1cccc(S(=O)(=O)N2CCCC(CN)C2)c1. The Morgan fingerprint density at radius 2 is 2.26 bits per heavy atom. The van der Waals surface area contributed by atoms with E-state index < -0.39 is 10.0 Å². The van der Waals surface area contributed by atoms with Crippen LogP contribution in [0.15, 0.2) is 34.1 Å². The third-order valence-corrected chi connectivity index (χ3v) is 6.08. The van der Waals surface area contributed by atoms with Crippen LogP contribution in [0.25, 0.3) is 0 Å². The third kappa shape index (κ3) is 3.31. The molecular weight excluding hydrogens is 280 g/mol. The molecule has 1 saturated heterocycles. The van der Waals surface area contributed by atoms with E-state index in [0.717, 1.165) is 17.7 Å². The molecule has 1 aromatic rings. The summed E-state index contributed by atoms with van der Waals surface area (Å²) in [5.74, 6) is 0.284. The molecule has 0 aliphatic carbocycles. The van der Waals surface area contributed by atoms with Gasteiger partial charge in [-0.3, -0.25) is 0 Å². The van der Waals surface area contributed by atoms with Gasteiger partial charge in [0.15, 0.2) is 0 Å². The fourth-order valence-electron chi connectivity index (χ4n) is 2.35. The second-order valence-corrected chi connectivity index (χ2v) is 7.60. The highest BCUT2D eigenvalue weighted by molar-refractivity contribution is 7.98. The van der Waals surface area contributed by atoms with Gasteiger partial charge < -0.3 is 5.73 Å². The number of hydrogen-bond acceptors (Lipinski definition) is 4. The van der Waals surface area contributed by atoms with Crippen LogP contribution in [-0.2, 0) is 10.0 Å². The summed E-state index contributed by atoms with van der Waals surface area (Å²) < 4.78 is 26.8. The first-order chi connectivity index (χ1) is 9.07. The highest BCUT2D eigenvalue weighted by atomic mass is 32.2. The molecule has 1 aliphatic rings. The molecule has 1 atom stereocenters. The van der Waals surface area contributed by atoms with Gasteiger partial charge in [0.2, 0.25) is 10.0 Å². The van der Waals surface area contributed by atoms with Gasteiger partial charge in [0, 0.05) is 18.0 Å². The molecule has 1 heterocycles. The van der Waals surface area contributed by atoms with Crippen LogP contribution in [0.3, 0.4) is 0 Å². The van der Waals surface area contributed by atoms with E-state index in [1.54, 1.807) is 34.3 Å². The Morgan fingerprint density at radius 3 is 2.95 bits per heavy atom. The van der Waals surface area contributed by atoms with E-state index in [-0.39, 0.29) is 5.92 Å². The molecule has 6 heteroatoms. The van der Waals surface area contributed by atoms with E-state index >= 15 is 0 Å². The maximum atomic E-state index is 12.6. The molecule has 0 aromatic heterocycles. The Bertz CT molecular complexity index is 531. The number of piperidine rings is 1. The second kappa shape index (κ2) is 6.26. The van der Waals surface area contributed by atoms with Crippen molar-refractivity contribution in [3.63, 3.8) is 0 Å². The molecule has 0 amide bonds. The van der Waals surface area contributed by atoms with E-state index in [4.69, 9.17) is 5.73 Å². The molecule has 106 valence electrons. The Morgan fingerprint density at radius 1 is 1.47 bits per heavy atom. The van der Waals surface area contributed by atoms with E-state index in [2.05, 4.69) is 0 Å². The quantitative estimate of drug-likeness (QED) is 0.861. The highest BCUT2D eigenvalue weighted by Crippen LogP contribution is 2.25. The summed E-state index contributed by atoms with van der Waals surface area (Å²) in [6.07, 6.45) is 3.85. The van der Waals surface area contributed by atoms with Crippen LogP contribution in [0.4, 0.5) is 0 Å². The summed E-state index contributed by atoms with van der Waals surface area (Å²) in [5, 5.41) is 0. The average molecular weight is 300 g/mol. The lowest BCUT2D eigenvalue weighted by Gasteiger charge is -2.31. The van der Waals surface area contributed by atoms with Crippen LogP contribution in [-0.4, -0.2) is 38.6 Å². The summed E-state index contributed by atoms with van der Waals surface area (Å²) in [7, 11) is -3.37. The Labute approximate surface area is 119 Å². The minimum absolute atomic E-state index is 0.284. The zero-order chi connectivity index (χ0) is 13.9. The summed E-state index contributed by atoms with van der Waals surface area (Å²) in [6.45, 7) is 1.70. The number of sulfonamides is 1. The van der Waals surface area contributed by atoms with Gasteiger partial charge in [0.05, 0.1) is 4.90 Å². The number of rotatable bonds is 4. The number of thioether (sulfide) groups is 1. The lowest BCUT2D eigenvalue weighted by molar-refractivity contribution is 0.271. The van der Waals surface area contributed by atoms with Gasteiger partial charge in [0.1, 0.15) is 0 Å². The number of nitrogens with two attached hydrogens (primary N) is 1.